The molecule has 134 valence electrons. The van der Waals surface area contributed by atoms with Gasteiger partial charge in [0.1, 0.15) is 0 Å². The summed E-state index contributed by atoms with van der Waals surface area (Å²) in [5.41, 5.74) is 2.39. The van der Waals surface area contributed by atoms with E-state index in [1.54, 1.807) is 12.3 Å². The Morgan fingerprint density at radius 3 is 2.81 bits per heavy atom. The number of thioether (sulfide) groups is 1. The maximum Gasteiger partial charge on any atom is 0.259 e. The number of amides is 1. The molecule has 0 aliphatic rings. The van der Waals surface area contributed by atoms with Crippen LogP contribution in [0.4, 0.5) is 5.69 Å². The summed E-state index contributed by atoms with van der Waals surface area (Å²) < 4.78 is 5.18. The molecule has 0 aliphatic heterocycles. The number of halogens is 1. The number of pyridine rings is 1. The normalized spacial score (nSPS) is 10.7. The molecule has 0 radical (unpaired) electrons. The molecule has 0 saturated carbocycles. The molecule has 0 bridgehead atoms. The summed E-state index contributed by atoms with van der Waals surface area (Å²) in [7, 11) is 0. The van der Waals surface area contributed by atoms with Crippen molar-refractivity contribution < 1.29 is 9.32 Å². The van der Waals surface area contributed by atoms with Crippen molar-refractivity contribution in [2.75, 3.05) is 11.1 Å². The first-order valence-corrected chi connectivity index (χ1v) is 9.39. The SMILES string of the molecule is CCc1noc(-c2ccc(SCC(=O)Nc3ccc(C)cc3Cl)nc2)n1. The van der Waals surface area contributed by atoms with Crippen LogP contribution in [0.25, 0.3) is 11.5 Å². The fraction of sp³-hybridized carbons (Fsp3) is 0.222. The lowest BCUT2D eigenvalue weighted by molar-refractivity contribution is -0.113. The van der Waals surface area contributed by atoms with E-state index in [1.807, 2.05) is 38.1 Å². The first kappa shape index (κ1) is 18.4. The number of rotatable bonds is 6. The number of nitrogens with zero attached hydrogens (tertiary/aromatic N) is 3. The molecule has 2 heterocycles. The minimum atomic E-state index is -0.142. The zero-order valence-electron chi connectivity index (χ0n) is 14.3. The van der Waals surface area contributed by atoms with E-state index in [9.17, 15) is 4.79 Å². The second-order valence-electron chi connectivity index (χ2n) is 5.57. The molecule has 0 unspecified atom stereocenters. The minimum absolute atomic E-state index is 0.142. The van der Waals surface area contributed by atoms with Crippen molar-refractivity contribution in [1.29, 1.82) is 0 Å². The van der Waals surface area contributed by atoms with Crippen LogP contribution >= 0.6 is 23.4 Å². The van der Waals surface area contributed by atoms with Crippen LogP contribution in [-0.2, 0) is 11.2 Å². The number of benzene rings is 1. The lowest BCUT2D eigenvalue weighted by atomic mass is 10.2. The molecule has 0 spiro atoms. The molecule has 3 aromatic rings. The zero-order chi connectivity index (χ0) is 18.5. The fourth-order valence-corrected chi connectivity index (χ4v) is 3.08. The Morgan fingerprint density at radius 1 is 1.31 bits per heavy atom. The smallest absolute Gasteiger partial charge is 0.259 e. The Balaban J connectivity index is 1.56. The number of hydrogen-bond donors (Lipinski definition) is 1. The highest BCUT2D eigenvalue weighted by molar-refractivity contribution is 7.99. The largest absolute Gasteiger partial charge is 0.334 e. The van der Waals surface area contributed by atoms with Gasteiger partial charge in [-0.15, -0.1) is 0 Å². The van der Waals surface area contributed by atoms with Gasteiger partial charge < -0.3 is 9.84 Å². The van der Waals surface area contributed by atoms with E-state index in [1.165, 1.54) is 11.8 Å². The van der Waals surface area contributed by atoms with Gasteiger partial charge in [-0.25, -0.2) is 4.98 Å². The van der Waals surface area contributed by atoms with Gasteiger partial charge in [0, 0.05) is 12.6 Å². The topological polar surface area (TPSA) is 80.9 Å². The van der Waals surface area contributed by atoms with Gasteiger partial charge in [0.25, 0.3) is 5.89 Å². The summed E-state index contributed by atoms with van der Waals surface area (Å²) in [5.74, 6) is 1.19. The van der Waals surface area contributed by atoms with E-state index in [-0.39, 0.29) is 11.7 Å². The average molecular weight is 389 g/mol. The van der Waals surface area contributed by atoms with Crippen LogP contribution in [0, 0.1) is 6.92 Å². The van der Waals surface area contributed by atoms with E-state index >= 15 is 0 Å². The summed E-state index contributed by atoms with van der Waals surface area (Å²) in [5, 5.41) is 7.92. The van der Waals surface area contributed by atoms with Crippen molar-refractivity contribution in [3.05, 3.63) is 52.9 Å². The number of aromatic nitrogens is 3. The maximum absolute atomic E-state index is 12.1. The Bertz CT molecular complexity index is 912. The molecule has 3 rings (SSSR count). The van der Waals surface area contributed by atoms with Crippen LogP contribution in [0.15, 0.2) is 46.1 Å². The molecule has 0 saturated heterocycles. The first-order chi connectivity index (χ1) is 12.5. The molecule has 1 aromatic carbocycles. The van der Waals surface area contributed by atoms with E-state index in [0.717, 1.165) is 16.2 Å². The van der Waals surface area contributed by atoms with E-state index in [0.29, 0.717) is 28.8 Å². The highest BCUT2D eigenvalue weighted by atomic mass is 35.5. The van der Waals surface area contributed by atoms with Crippen molar-refractivity contribution in [3.63, 3.8) is 0 Å². The molecule has 2 aromatic heterocycles. The van der Waals surface area contributed by atoms with Crippen molar-refractivity contribution in [1.82, 2.24) is 15.1 Å². The van der Waals surface area contributed by atoms with Crippen molar-refractivity contribution >= 4 is 35.0 Å². The zero-order valence-corrected chi connectivity index (χ0v) is 15.9. The monoisotopic (exact) mass is 388 g/mol. The van der Waals surface area contributed by atoms with Gasteiger partial charge in [-0.05, 0) is 36.8 Å². The second kappa shape index (κ2) is 8.33. The average Bonchev–Trinajstić information content (AvgIpc) is 3.12. The molecule has 6 nitrogen and oxygen atoms in total. The minimum Gasteiger partial charge on any atom is -0.334 e. The second-order valence-corrected chi connectivity index (χ2v) is 6.98. The highest BCUT2D eigenvalue weighted by Crippen LogP contribution is 2.24. The van der Waals surface area contributed by atoms with Gasteiger partial charge in [0.2, 0.25) is 5.91 Å². The molecule has 0 fully saturated rings. The lowest BCUT2D eigenvalue weighted by Gasteiger charge is -2.07. The van der Waals surface area contributed by atoms with Gasteiger partial charge in [-0.3, -0.25) is 4.79 Å². The van der Waals surface area contributed by atoms with Crippen LogP contribution < -0.4 is 5.32 Å². The molecular formula is C18H17ClN4O2S. The third kappa shape index (κ3) is 4.62. The molecule has 26 heavy (non-hydrogen) atoms. The Hall–Kier alpha value is -2.38. The van der Waals surface area contributed by atoms with Gasteiger partial charge in [-0.2, -0.15) is 4.98 Å². The van der Waals surface area contributed by atoms with Crippen molar-refractivity contribution in [3.8, 4) is 11.5 Å². The van der Waals surface area contributed by atoms with Crippen molar-refractivity contribution in [2.24, 2.45) is 0 Å². The first-order valence-electron chi connectivity index (χ1n) is 8.03. The molecule has 0 aliphatic carbocycles. The van der Waals surface area contributed by atoms with Crippen molar-refractivity contribution in [2.45, 2.75) is 25.3 Å². The number of hydrogen-bond acceptors (Lipinski definition) is 6. The van der Waals surface area contributed by atoms with E-state index in [4.69, 9.17) is 16.1 Å². The van der Waals surface area contributed by atoms with Gasteiger partial charge in [0.05, 0.1) is 27.1 Å². The summed E-state index contributed by atoms with van der Waals surface area (Å²) in [6.07, 6.45) is 2.37. The summed E-state index contributed by atoms with van der Waals surface area (Å²) in [6.45, 7) is 3.90. The summed E-state index contributed by atoms with van der Waals surface area (Å²) in [4.78, 5) is 20.7. The third-order valence-corrected chi connectivity index (χ3v) is 4.77. The lowest BCUT2D eigenvalue weighted by Crippen LogP contribution is -2.14. The van der Waals surface area contributed by atoms with Gasteiger partial charge in [0.15, 0.2) is 5.82 Å². The number of aryl methyl sites for hydroxylation is 2. The number of nitrogens with one attached hydrogen (secondary N) is 1. The standard InChI is InChI=1S/C18H17ClN4O2S/c1-3-15-22-18(25-23-15)12-5-7-17(20-9-12)26-10-16(24)21-14-6-4-11(2)8-13(14)19/h4-9H,3,10H2,1-2H3,(H,21,24). The predicted octanol–water partition coefficient (Wildman–Crippen LogP) is 4.39. The molecular weight excluding hydrogens is 372 g/mol. The summed E-state index contributed by atoms with van der Waals surface area (Å²) in [6, 6.07) is 9.17. The Morgan fingerprint density at radius 2 is 2.15 bits per heavy atom. The molecule has 1 amide bonds. The molecule has 8 heteroatoms. The Kier molecular flexibility index (Phi) is 5.90. The summed E-state index contributed by atoms with van der Waals surface area (Å²) >= 11 is 7.46. The van der Waals surface area contributed by atoms with Gasteiger partial charge >= 0.3 is 0 Å². The third-order valence-electron chi connectivity index (χ3n) is 3.52. The number of carbonyl (C=O) groups excluding carboxylic acids is 1. The molecule has 1 N–H and O–H groups in total. The van der Waals surface area contributed by atoms with Crippen LogP contribution in [0.3, 0.4) is 0 Å². The number of carbonyl (C=O) groups is 1. The van der Waals surface area contributed by atoms with E-state index < -0.39 is 0 Å². The quantitative estimate of drug-likeness (QED) is 0.631. The maximum atomic E-state index is 12.1. The van der Waals surface area contributed by atoms with E-state index in [2.05, 4.69) is 20.4 Å². The van der Waals surface area contributed by atoms with Gasteiger partial charge in [-0.1, -0.05) is 41.5 Å². The van der Waals surface area contributed by atoms with Crippen LogP contribution in [0.2, 0.25) is 5.02 Å². The Labute approximate surface area is 160 Å². The highest BCUT2D eigenvalue weighted by Gasteiger charge is 2.10. The number of anilines is 1. The van der Waals surface area contributed by atoms with Crippen LogP contribution in [0.1, 0.15) is 18.3 Å². The van der Waals surface area contributed by atoms with Crippen LogP contribution in [-0.4, -0.2) is 26.8 Å². The predicted molar refractivity (Wildman–Crippen MR) is 102 cm³/mol. The fourth-order valence-electron chi connectivity index (χ4n) is 2.15. The molecule has 0 atom stereocenters. The van der Waals surface area contributed by atoms with Crippen LogP contribution in [0.5, 0.6) is 0 Å².